The fourth-order valence-electron chi connectivity index (χ4n) is 2.56. The van der Waals surface area contributed by atoms with Crippen LogP contribution in [-0.2, 0) is 4.74 Å². The molecule has 0 bridgehead atoms. The van der Waals surface area contributed by atoms with Gasteiger partial charge in [0.2, 0.25) is 0 Å². The molecule has 4 nitrogen and oxygen atoms in total. The smallest absolute Gasteiger partial charge is 0.0624 e. The molecule has 0 aromatic rings. The maximum absolute atomic E-state index is 9.89. The van der Waals surface area contributed by atoms with Gasteiger partial charge >= 0.3 is 0 Å². The summed E-state index contributed by atoms with van der Waals surface area (Å²) in [5.41, 5.74) is 0. The molecule has 2 aliphatic rings. The molecular weight excluding hydrogens is 206 g/mol. The van der Waals surface area contributed by atoms with E-state index in [9.17, 15) is 5.11 Å². The van der Waals surface area contributed by atoms with Gasteiger partial charge in [-0.2, -0.15) is 0 Å². The Morgan fingerprint density at radius 3 is 2.62 bits per heavy atom. The standard InChI is InChI=1S/C12H23NO3/c14-6-5-13(11-2-1-3-11)8-10-9-16-7-4-12(10)15/h10-12,14-15H,1-9H2. The van der Waals surface area contributed by atoms with Gasteiger partial charge < -0.3 is 14.9 Å². The number of aliphatic hydroxyl groups is 2. The van der Waals surface area contributed by atoms with Crippen molar-refractivity contribution in [2.45, 2.75) is 37.8 Å². The molecule has 0 spiro atoms. The summed E-state index contributed by atoms with van der Waals surface area (Å²) in [4.78, 5) is 2.33. The lowest BCUT2D eigenvalue weighted by Gasteiger charge is -2.40. The third-order valence-electron chi connectivity index (χ3n) is 3.88. The summed E-state index contributed by atoms with van der Waals surface area (Å²) >= 11 is 0. The van der Waals surface area contributed by atoms with Gasteiger partial charge in [0.15, 0.2) is 0 Å². The van der Waals surface area contributed by atoms with Crippen LogP contribution in [-0.4, -0.2) is 60.2 Å². The third-order valence-corrected chi connectivity index (χ3v) is 3.88. The number of nitrogens with zero attached hydrogens (tertiary/aromatic N) is 1. The first-order chi connectivity index (χ1) is 7.81. The van der Waals surface area contributed by atoms with Gasteiger partial charge in [-0.15, -0.1) is 0 Å². The minimum Gasteiger partial charge on any atom is -0.395 e. The molecule has 1 aliphatic carbocycles. The van der Waals surface area contributed by atoms with Gasteiger partial charge in [-0.05, 0) is 19.3 Å². The maximum atomic E-state index is 9.89. The summed E-state index contributed by atoms with van der Waals surface area (Å²) < 4.78 is 5.41. The molecule has 2 N–H and O–H groups in total. The fraction of sp³-hybridized carbons (Fsp3) is 1.00. The second kappa shape index (κ2) is 5.96. The molecule has 0 aromatic heterocycles. The molecule has 1 aliphatic heterocycles. The van der Waals surface area contributed by atoms with Gasteiger partial charge in [0.05, 0.1) is 19.3 Å². The van der Waals surface area contributed by atoms with Crippen LogP contribution in [0.3, 0.4) is 0 Å². The van der Waals surface area contributed by atoms with E-state index in [-0.39, 0.29) is 18.6 Å². The summed E-state index contributed by atoms with van der Waals surface area (Å²) in [6.45, 7) is 3.15. The molecule has 2 unspecified atom stereocenters. The van der Waals surface area contributed by atoms with Crippen LogP contribution in [0.25, 0.3) is 0 Å². The highest BCUT2D eigenvalue weighted by atomic mass is 16.5. The number of aliphatic hydroxyl groups excluding tert-OH is 2. The number of hydrogen-bond acceptors (Lipinski definition) is 4. The SMILES string of the molecule is OCCN(CC1COCCC1O)C1CCC1. The molecule has 4 heteroatoms. The molecule has 1 saturated carbocycles. The van der Waals surface area contributed by atoms with Crippen molar-refractivity contribution < 1.29 is 14.9 Å². The molecular formula is C12H23NO3. The highest BCUT2D eigenvalue weighted by Gasteiger charge is 2.30. The Balaban J connectivity index is 1.83. The van der Waals surface area contributed by atoms with E-state index in [1.54, 1.807) is 0 Å². The van der Waals surface area contributed by atoms with Gasteiger partial charge in [-0.1, -0.05) is 6.42 Å². The van der Waals surface area contributed by atoms with E-state index in [1.165, 1.54) is 19.3 Å². The average Bonchev–Trinajstić information content (AvgIpc) is 2.19. The topological polar surface area (TPSA) is 52.9 Å². The average molecular weight is 229 g/mol. The normalized spacial score (nSPS) is 31.7. The Morgan fingerprint density at radius 1 is 1.25 bits per heavy atom. The van der Waals surface area contributed by atoms with Crippen molar-refractivity contribution in [1.82, 2.24) is 4.90 Å². The molecule has 0 radical (unpaired) electrons. The van der Waals surface area contributed by atoms with Gasteiger partial charge in [-0.3, -0.25) is 4.90 Å². The van der Waals surface area contributed by atoms with Gasteiger partial charge in [-0.25, -0.2) is 0 Å². The van der Waals surface area contributed by atoms with Crippen molar-refractivity contribution >= 4 is 0 Å². The molecule has 2 atom stereocenters. The van der Waals surface area contributed by atoms with Crippen LogP contribution in [0.1, 0.15) is 25.7 Å². The van der Waals surface area contributed by atoms with Crippen molar-refractivity contribution in [3.63, 3.8) is 0 Å². The Kier molecular flexibility index (Phi) is 4.58. The van der Waals surface area contributed by atoms with Crippen molar-refractivity contribution in [1.29, 1.82) is 0 Å². The van der Waals surface area contributed by atoms with E-state index in [1.807, 2.05) is 0 Å². The van der Waals surface area contributed by atoms with Crippen LogP contribution < -0.4 is 0 Å². The zero-order chi connectivity index (χ0) is 11.4. The zero-order valence-corrected chi connectivity index (χ0v) is 9.85. The monoisotopic (exact) mass is 229 g/mol. The van der Waals surface area contributed by atoms with E-state index in [4.69, 9.17) is 9.84 Å². The second-order valence-corrected chi connectivity index (χ2v) is 4.99. The van der Waals surface area contributed by atoms with Crippen LogP contribution in [0.2, 0.25) is 0 Å². The van der Waals surface area contributed by atoms with Crippen molar-refractivity contribution in [3.8, 4) is 0 Å². The van der Waals surface area contributed by atoms with Crippen LogP contribution >= 0.6 is 0 Å². The van der Waals surface area contributed by atoms with Crippen LogP contribution in [0.15, 0.2) is 0 Å². The Morgan fingerprint density at radius 2 is 2.06 bits per heavy atom. The van der Waals surface area contributed by atoms with E-state index in [0.29, 0.717) is 19.3 Å². The number of hydrogen-bond donors (Lipinski definition) is 2. The van der Waals surface area contributed by atoms with Crippen LogP contribution in [0.5, 0.6) is 0 Å². The molecule has 2 rings (SSSR count). The van der Waals surface area contributed by atoms with Gasteiger partial charge in [0.25, 0.3) is 0 Å². The highest BCUT2D eigenvalue weighted by Crippen LogP contribution is 2.26. The number of rotatable bonds is 5. The van der Waals surface area contributed by atoms with Gasteiger partial charge in [0, 0.05) is 31.7 Å². The van der Waals surface area contributed by atoms with Crippen LogP contribution in [0, 0.1) is 5.92 Å². The fourth-order valence-corrected chi connectivity index (χ4v) is 2.56. The summed E-state index contributed by atoms with van der Waals surface area (Å²) in [6, 6.07) is 0.626. The molecule has 0 aromatic carbocycles. The summed E-state index contributed by atoms with van der Waals surface area (Å²) in [7, 11) is 0. The van der Waals surface area contributed by atoms with Crippen molar-refractivity contribution in [3.05, 3.63) is 0 Å². The quantitative estimate of drug-likeness (QED) is 0.708. The highest BCUT2D eigenvalue weighted by molar-refractivity contribution is 4.84. The molecule has 1 saturated heterocycles. The Bertz CT molecular complexity index is 208. The van der Waals surface area contributed by atoms with E-state index >= 15 is 0 Å². The maximum Gasteiger partial charge on any atom is 0.0624 e. The lowest BCUT2D eigenvalue weighted by molar-refractivity contribution is -0.0560. The molecule has 94 valence electrons. The Hall–Kier alpha value is -0.160. The molecule has 16 heavy (non-hydrogen) atoms. The first-order valence-corrected chi connectivity index (χ1v) is 6.42. The van der Waals surface area contributed by atoms with Crippen molar-refractivity contribution in [2.24, 2.45) is 5.92 Å². The summed E-state index contributed by atoms with van der Waals surface area (Å²) in [6.07, 6.45) is 4.31. The molecule has 1 heterocycles. The minimum atomic E-state index is -0.227. The third kappa shape index (κ3) is 2.94. The lowest BCUT2D eigenvalue weighted by atomic mass is 9.89. The predicted octanol–water partition coefficient (Wildman–Crippen LogP) is 0.231. The molecule has 2 fully saturated rings. The lowest BCUT2D eigenvalue weighted by Crippen LogP contribution is -2.48. The van der Waals surface area contributed by atoms with Crippen LogP contribution in [0.4, 0.5) is 0 Å². The first kappa shape index (κ1) is 12.3. The predicted molar refractivity (Wildman–Crippen MR) is 61.2 cm³/mol. The summed E-state index contributed by atoms with van der Waals surface area (Å²) in [5.74, 6) is 0.223. The van der Waals surface area contributed by atoms with E-state index < -0.39 is 0 Å². The summed E-state index contributed by atoms with van der Waals surface area (Å²) in [5, 5.41) is 19.0. The number of ether oxygens (including phenoxy) is 1. The van der Waals surface area contributed by atoms with E-state index in [0.717, 1.165) is 19.5 Å². The largest absolute Gasteiger partial charge is 0.395 e. The zero-order valence-electron chi connectivity index (χ0n) is 9.85. The molecule has 0 amide bonds. The minimum absolute atomic E-state index is 0.209. The van der Waals surface area contributed by atoms with Crippen molar-refractivity contribution in [2.75, 3.05) is 32.9 Å². The van der Waals surface area contributed by atoms with Gasteiger partial charge in [0.1, 0.15) is 0 Å². The Labute approximate surface area is 97.2 Å². The van der Waals surface area contributed by atoms with E-state index in [2.05, 4.69) is 4.90 Å². The first-order valence-electron chi connectivity index (χ1n) is 6.42. The second-order valence-electron chi connectivity index (χ2n) is 4.99.